The highest BCUT2D eigenvalue weighted by Crippen LogP contribution is 2.27. The molecule has 23 heavy (non-hydrogen) atoms. The van der Waals surface area contributed by atoms with Gasteiger partial charge in [0.15, 0.2) is 0 Å². The Kier molecular flexibility index (Phi) is 5.62. The molecule has 0 radical (unpaired) electrons. The lowest BCUT2D eigenvalue weighted by Crippen LogP contribution is -2.54. The van der Waals surface area contributed by atoms with Crippen molar-refractivity contribution in [1.29, 1.82) is 0 Å². The molecule has 2 aliphatic heterocycles. The molecule has 3 rings (SSSR count). The van der Waals surface area contributed by atoms with E-state index in [4.69, 9.17) is 0 Å². The molecule has 126 valence electrons. The first-order chi connectivity index (χ1) is 11.2. The molecule has 2 N–H and O–H groups in total. The van der Waals surface area contributed by atoms with E-state index in [0.29, 0.717) is 12.8 Å². The Morgan fingerprint density at radius 3 is 2.52 bits per heavy atom. The van der Waals surface area contributed by atoms with Crippen LogP contribution in [0.15, 0.2) is 30.3 Å². The number of amides is 1. The van der Waals surface area contributed by atoms with Gasteiger partial charge in [0.25, 0.3) is 5.91 Å². The molecular weight excluding hydrogens is 308 g/mol. The van der Waals surface area contributed by atoms with Crippen LogP contribution in [0.25, 0.3) is 0 Å². The van der Waals surface area contributed by atoms with E-state index in [0.717, 1.165) is 44.0 Å². The SMILES string of the molecule is O=C(NC1CCN(Cc2ccccc2)CC1)C1(O)CCSCC1. The number of hydrogen-bond donors (Lipinski definition) is 2. The first-order valence-corrected chi connectivity index (χ1v) is 9.68. The number of hydrogen-bond acceptors (Lipinski definition) is 4. The molecule has 2 aliphatic rings. The number of carbonyl (C=O) groups excluding carboxylic acids is 1. The molecule has 1 aromatic carbocycles. The topological polar surface area (TPSA) is 52.6 Å². The number of likely N-dealkylation sites (tertiary alicyclic amines) is 1. The second-order valence-corrected chi connectivity index (χ2v) is 7.88. The van der Waals surface area contributed by atoms with Crippen LogP contribution in [-0.2, 0) is 11.3 Å². The number of nitrogens with one attached hydrogen (secondary N) is 1. The van der Waals surface area contributed by atoms with E-state index in [1.165, 1.54) is 5.56 Å². The van der Waals surface area contributed by atoms with Crippen LogP contribution in [0.3, 0.4) is 0 Å². The fraction of sp³-hybridized carbons (Fsp3) is 0.611. The predicted molar refractivity (Wildman–Crippen MR) is 94.4 cm³/mol. The summed E-state index contributed by atoms with van der Waals surface area (Å²) in [4.78, 5) is 14.8. The lowest BCUT2D eigenvalue weighted by Gasteiger charge is -2.36. The van der Waals surface area contributed by atoms with E-state index in [-0.39, 0.29) is 11.9 Å². The number of piperidine rings is 1. The molecule has 0 aliphatic carbocycles. The van der Waals surface area contributed by atoms with Gasteiger partial charge in [-0.2, -0.15) is 11.8 Å². The number of rotatable bonds is 4. The van der Waals surface area contributed by atoms with E-state index >= 15 is 0 Å². The highest BCUT2D eigenvalue weighted by atomic mass is 32.2. The van der Waals surface area contributed by atoms with Crippen molar-refractivity contribution in [3.8, 4) is 0 Å². The molecule has 4 nitrogen and oxygen atoms in total. The van der Waals surface area contributed by atoms with Crippen molar-refractivity contribution in [1.82, 2.24) is 10.2 Å². The largest absolute Gasteiger partial charge is 0.380 e. The Hall–Kier alpha value is -1.04. The van der Waals surface area contributed by atoms with Crippen molar-refractivity contribution in [2.75, 3.05) is 24.6 Å². The summed E-state index contributed by atoms with van der Waals surface area (Å²) >= 11 is 1.82. The zero-order chi connectivity index (χ0) is 16.1. The van der Waals surface area contributed by atoms with Crippen molar-refractivity contribution in [2.45, 2.75) is 43.9 Å². The van der Waals surface area contributed by atoms with Gasteiger partial charge < -0.3 is 10.4 Å². The van der Waals surface area contributed by atoms with Gasteiger partial charge in [-0.3, -0.25) is 9.69 Å². The lowest BCUT2D eigenvalue weighted by molar-refractivity contribution is -0.141. The summed E-state index contributed by atoms with van der Waals surface area (Å²) in [6.07, 6.45) is 3.08. The Labute approximate surface area is 142 Å². The van der Waals surface area contributed by atoms with Crippen LogP contribution in [0, 0.1) is 0 Å². The molecule has 0 saturated carbocycles. The standard InChI is InChI=1S/C18H26N2O2S/c21-17(18(22)8-12-23-13-9-18)19-16-6-10-20(11-7-16)14-15-4-2-1-3-5-15/h1-5,16,22H,6-14H2,(H,19,21). The van der Waals surface area contributed by atoms with Crippen LogP contribution in [0.4, 0.5) is 0 Å². The van der Waals surface area contributed by atoms with Crippen LogP contribution >= 0.6 is 11.8 Å². The van der Waals surface area contributed by atoms with Crippen LogP contribution in [0.5, 0.6) is 0 Å². The molecule has 0 aromatic heterocycles. The van der Waals surface area contributed by atoms with E-state index in [1.54, 1.807) is 0 Å². The van der Waals surface area contributed by atoms with Gasteiger partial charge >= 0.3 is 0 Å². The van der Waals surface area contributed by atoms with Crippen molar-refractivity contribution < 1.29 is 9.90 Å². The maximum absolute atomic E-state index is 12.4. The number of benzene rings is 1. The fourth-order valence-corrected chi connectivity index (χ4v) is 4.50. The lowest BCUT2D eigenvalue weighted by atomic mass is 9.94. The number of nitrogens with zero attached hydrogens (tertiary/aromatic N) is 1. The summed E-state index contributed by atoms with van der Waals surface area (Å²) in [6, 6.07) is 10.7. The third-order valence-electron chi connectivity index (χ3n) is 4.91. The van der Waals surface area contributed by atoms with E-state index in [2.05, 4.69) is 34.5 Å². The predicted octanol–water partition coefficient (Wildman–Crippen LogP) is 2.03. The summed E-state index contributed by atoms with van der Waals surface area (Å²) in [5, 5.41) is 13.6. The quantitative estimate of drug-likeness (QED) is 0.885. The van der Waals surface area contributed by atoms with Crippen LogP contribution in [0.1, 0.15) is 31.2 Å². The highest BCUT2D eigenvalue weighted by Gasteiger charge is 2.38. The molecule has 0 atom stereocenters. The first kappa shape index (κ1) is 16.8. The van der Waals surface area contributed by atoms with Crippen molar-refractivity contribution in [3.05, 3.63) is 35.9 Å². The summed E-state index contributed by atoms with van der Waals surface area (Å²) in [6.45, 7) is 2.96. The average molecular weight is 334 g/mol. The number of thioether (sulfide) groups is 1. The second kappa shape index (κ2) is 7.69. The molecule has 2 saturated heterocycles. The molecule has 5 heteroatoms. The Bertz CT molecular complexity index is 509. The van der Waals surface area contributed by atoms with Crippen molar-refractivity contribution in [2.24, 2.45) is 0 Å². The highest BCUT2D eigenvalue weighted by molar-refractivity contribution is 7.99. The van der Waals surface area contributed by atoms with E-state index < -0.39 is 5.60 Å². The van der Waals surface area contributed by atoms with Gasteiger partial charge in [-0.25, -0.2) is 0 Å². The van der Waals surface area contributed by atoms with Gasteiger partial charge in [0.1, 0.15) is 5.60 Å². The minimum Gasteiger partial charge on any atom is -0.380 e. The monoisotopic (exact) mass is 334 g/mol. The van der Waals surface area contributed by atoms with E-state index in [1.807, 2.05) is 17.8 Å². The third kappa shape index (κ3) is 4.49. The minimum atomic E-state index is -1.13. The molecular formula is C18H26N2O2S. The molecule has 1 aromatic rings. The number of aliphatic hydroxyl groups is 1. The third-order valence-corrected chi connectivity index (χ3v) is 5.90. The molecule has 2 heterocycles. The summed E-state index contributed by atoms with van der Waals surface area (Å²) in [7, 11) is 0. The van der Waals surface area contributed by atoms with Gasteiger partial charge in [0, 0.05) is 25.7 Å². The Morgan fingerprint density at radius 1 is 1.22 bits per heavy atom. The van der Waals surface area contributed by atoms with Gasteiger partial charge in [-0.05, 0) is 42.8 Å². The smallest absolute Gasteiger partial charge is 0.252 e. The van der Waals surface area contributed by atoms with Gasteiger partial charge in [0.2, 0.25) is 0 Å². The average Bonchev–Trinajstić information content (AvgIpc) is 2.58. The van der Waals surface area contributed by atoms with Gasteiger partial charge in [-0.1, -0.05) is 30.3 Å². The Balaban J connectivity index is 1.45. The van der Waals surface area contributed by atoms with Crippen molar-refractivity contribution in [3.63, 3.8) is 0 Å². The minimum absolute atomic E-state index is 0.153. The van der Waals surface area contributed by atoms with Crippen LogP contribution < -0.4 is 5.32 Å². The molecule has 0 spiro atoms. The second-order valence-electron chi connectivity index (χ2n) is 6.65. The maximum Gasteiger partial charge on any atom is 0.252 e. The fourth-order valence-electron chi connectivity index (χ4n) is 3.33. The zero-order valence-electron chi connectivity index (χ0n) is 13.5. The van der Waals surface area contributed by atoms with Crippen LogP contribution in [0.2, 0.25) is 0 Å². The summed E-state index contributed by atoms with van der Waals surface area (Å²) < 4.78 is 0. The first-order valence-electron chi connectivity index (χ1n) is 8.53. The maximum atomic E-state index is 12.4. The molecule has 1 amide bonds. The molecule has 2 fully saturated rings. The normalized spacial score (nSPS) is 22.7. The van der Waals surface area contributed by atoms with Gasteiger partial charge in [0.05, 0.1) is 0 Å². The Morgan fingerprint density at radius 2 is 1.87 bits per heavy atom. The molecule has 0 bridgehead atoms. The van der Waals surface area contributed by atoms with E-state index in [9.17, 15) is 9.90 Å². The molecule has 0 unspecified atom stereocenters. The number of carbonyl (C=O) groups is 1. The zero-order valence-corrected chi connectivity index (χ0v) is 14.4. The van der Waals surface area contributed by atoms with Gasteiger partial charge in [-0.15, -0.1) is 0 Å². The van der Waals surface area contributed by atoms with Crippen molar-refractivity contribution >= 4 is 17.7 Å². The summed E-state index contributed by atoms with van der Waals surface area (Å²) in [5.74, 6) is 1.60. The summed E-state index contributed by atoms with van der Waals surface area (Å²) in [5.41, 5.74) is 0.205. The van der Waals surface area contributed by atoms with Crippen LogP contribution in [-0.4, -0.2) is 52.2 Å².